The molecule has 4 aliphatic rings. The molecule has 0 radical (unpaired) electrons. The lowest BCUT2D eigenvalue weighted by atomic mass is 9.85. The van der Waals surface area contributed by atoms with Gasteiger partial charge in [-0.05, 0) is 85.9 Å². The SMILES string of the molecule is CC1CC2=CC2C(C)CCC2(C)CC2CCC2(C)CC2C1. The molecule has 0 aliphatic heterocycles. The molecule has 0 aromatic heterocycles. The van der Waals surface area contributed by atoms with Gasteiger partial charge in [0, 0.05) is 5.92 Å². The highest BCUT2D eigenvalue weighted by molar-refractivity contribution is 5.30. The Morgan fingerprint density at radius 3 is 2.43 bits per heavy atom. The lowest BCUT2D eigenvalue weighted by Crippen LogP contribution is -2.09. The Balaban J connectivity index is 1.42. The van der Waals surface area contributed by atoms with E-state index in [1.54, 1.807) is 0 Å². The van der Waals surface area contributed by atoms with Gasteiger partial charge < -0.3 is 0 Å². The van der Waals surface area contributed by atoms with Crippen LogP contribution in [0.15, 0.2) is 11.6 Å². The molecule has 4 rings (SSSR count). The number of hydrogen-bond donors (Lipinski definition) is 0. The first-order chi connectivity index (χ1) is 9.90. The monoisotopic (exact) mass is 286 g/mol. The summed E-state index contributed by atoms with van der Waals surface area (Å²) in [6.07, 6.45) is 14.6. The fourth-order valence-electron chi connectivity index (χ4n) is 5.57. The zero-order valence-corrected chi connectivity index (χ0v) is 14.6. The van der Waals surface area contributed by atoms with Crippen LogP contribution in [0.3, 0.4) is 0 Å². The van der Waals surface area contributed by atoms with Crippen molar-refractivity contribution < 1.29 is 0 Å². The van der Waals surface area contributed by atoms with Crippen molar-refractivity contribution in [2.75, 3.05) is 0 Å². The Hall–Kier alpha value is -0.260. The largest absolute Gasteiger partial charge is 0.0773 e. The Morgan fingerprint density at radius 1 is 0.952 bits per heavy atom. The highest BCUT2D eigenvalue weighted by Crippen LogP contribution is 2.64. The molecule has 0 heteroatoms. The van der Waals surface area contributed by atoms with Crippen molar-refractivity contribution in [1.29, 1.82) is 0 Å². The summed E-state index contributed by atoms with van der Waals surface area (Å²) in [6.45, 7) is 10.2. The highest BCUT2D eigenvalue weighted by atomic mass is 14.6. The van der Waals surface area contributed by atoms with E-state index in [9.17, 15) is 0 Å². The van der Waals surface area contributed by atoms with E-state index in [2.05, 4.69) is 33.8 Å². The van der Waals surface area contributed by atoms with E-state index >= 15 is 0 Å². The van der Waals surface area contributed by atoms with Gasteiger partial charge in [-0.25, -0.2) is 0 Å². The molecule has 0 saturated heterocycles. The first-order valence-electron chi connectivity index (χ1n) is 9.60. The normalized spacial score (nSPS) is 56.2. The van der Waals surface area contributed by atoms with Crippen LogP contribution in [-0.2, 0) is 0 Å². The van der Waals surface area contributed by atoms with Crippen LogP contribution in [0.25, 0.3) is 0 Å². The summed E-state index contributed by atoms with van der Waals surface area (Å²) in [7, 11) is 0. The smallest absolute Gasteiger partial charge is 0.000560 e. The summed E-state index contributed by atoms with van der Waals surface area (Å²) in [5, 5.41) is 0. The second kappa shape index (κ2) is 4.62. The molecule has 0 amide bonds. The molecule has 0 nitrogen and oxygen atoms in total. The predicted molar refractivity (Wildman–Crippen MR) is 90.0 cm³/mol. The summed E-state index contributed by atoms with van der Waals surface area (Å²) in [5.41, 5.74) is 3.26. The van der Waals surface area contributed by atoms with Crippen molar-refractivity contribution in [3.8, 4) is 0 Å². The molecular formula is C21H34. The molecule has 0 spiro atoms. The molecule has 0 bridgehead atoms. The molecule has 7 unspecified atom stereocenters. The van der Waals surface area contributed by atoms with E-state index in [1.807, 2.05) is 5.57 Å². The van der Waals surface area contributed by atoms with E-state index in [4.69, 9.17) is 0 Å². The minimum absolute atomic E-state index is 0.724. The van der Waals surface area contributed by atoms with E-state index in [0.29, 0.717) is 0 Å². The molecule has 0 heterocycles. The molecule has 21 heavy (non-hydrogen) atoms. The van der Waals surface area contributed by atoms with Gasteiger partial charge in [-0.3, -0.25) is 0 Å². The number of allylic oxidation sites excluding steroid dienone is 2. The maximum Gasteiger partial charge on any atom is 0.000560 e. The maximum absolute atomic E-state index is 2.60. The Labute approximate surface area is 131 Å². The van der Waals surface area contributed by atoms with Crippen LogP contribution in [0.5, 0.6) is 0 Å². The van der Waals surface area contributed by atoms with Crippen molar-refractivity contribution in [3.05, 3.63) is 11.6 Å². The van der Waals surface area contributed by atoms with Gasteiger partial charge in [0.2, 0.25) is 0 Å². The molecule has 0 aromatic carbocycles. The summed E-state index contributed by atoms with van der Waals surface area (Å²) >= 11 is 0. The Kier molecular flexibility index (Phi) is 3.15. The molecule has 3 fully saturated rings. The standard InChI is InChI=1S/C21H34/c1-14-9-16-11-19(16)15(2)5-7-20(3)12-17(20)6-8-21(4)13-18(21)10-14/h11,14-15,17-19H,5-10,12-13H2,1-4H3. The summed E-state index contributed by atoms with van der Waals surface area (Å²) < 4.78 is 0. The molecule has 7 atom stereocenters. The van der Waals surface area contributed by atoms with Crippen LogP contribution in [0.2, 0.25) is 0 Å². The predicted octanol–water partition coefficient (Wildman–Crippen LogP) is 6.22. The molecule has 3 saturated carbocycles. The second-order valence-electron chi connectivity index (χ2n) is 9.98. The topological polar surface area (TPSA) is 0 Å². The summed E-state index contributed by atoms with van der Waals surface area (Å²) in [6, 6.07) is 0. The van der Waals surface area contributed by atoms with Crippen LogP contribution in [0.4, 0.5) is 0 Å². The molecule has 118 valence electrons. The van der Waals surface area contributed by atoms with Gasteiger partial charge in [-0.2, -0.15) is 0 Å². The van der Waals surface area contributed by atoms with Gasteiger partial charge in [0.25, 0.3) is 0 Å². The van der Waals surface area contributed by atoms with Crippen molar-refractivity contribution in [3.63, 3.8) is 0 Å². The van der Waals surface area contributed by atoms with Crippen LogP contribution < -0.4 is 0 Å². The van der Waals surface area contributed by atoms with Gasteiger partial charge in [-0.15, -0.1) is 0 Å². The average molecular weight is 287 g/mol. The van der Waals surface area contributed by atoms with Crippen molar-refractivity contribution in [2.24, 2.45) is 40.4 Å². The van der Waals surface area contributed by atoms with Gasteiger partial charge in [0.15, 0.2) is 0 Å². The molecule has 0 aromatic rings. The van der Waals surface area contributed by atoms with Gasteiger partial charge in [-0.1, -0.05) is 39.3 Å². The Bertz CT molecular complexity index is 461. The van der Waals surface area contributed by atoms with Gasteiger partial charge >= 0.3 is 0 Å². The van der Waals surface area contributed by atoms with E-state index in [0.717, 1.165) is 40.4 Å². The third-order valence-corrected chi connectivity index (χ3v) is 7.91. The first kappa shape index (κ1) is 14.3. The van der Waals surface area contributed by atoms with E-state index in [1.165, 1.54) is 51.4 Å². The highest BCUT2D eigenvalue weighted by Gasteiger charge is 2.54. The summed E-state index contributed by atoms with van der Waals surface area (Å²) in [5.74, 6) is 4.85. The van der Waals surface area contributed by atoms with E-state index in [-0.39, 0.29) is 0 Å². The van der Waals surface area contributed by atoms with Crippen LogP contribution in [0.1, 0.15) is 79.1 Å². The second-order valence-corrected chi connectivity index (χ2v) is 9.98. The van der Waals surface area contributed by atoms with Crippen molar-refractivity contribution >= 4 is 0 Å². The number of fused-ring (bicyclic) bond motifs is 3. The van der Waals surface area contributed by atoms with E-state index < -0.39 is 0 Å². The number of rotatable bonds is 0. The fraction of sp³-hybridized carbons (Fsp3) is 0.905. The zero-order valence-electron chi connectivity index (χ0n) is 14.6. The lowest BCUT2D eigenvalue weighted by molar-refractivity contribution is 0.330. The third-order valence-electron chi connectivity index (χ3n) is 7.91. The minimum Gasteiger partial charge on any atom is -0.0773 e. The first-order valence-corrected chi connectivity index (χ1v) is 9.60. The van der Waals surface area contributed by atoms with Crippen LogP contribution >= 0.6 is 0 Å². The maximum atomic E-state index is 2.60. The molecule has 4 aliphatic carbocycles. The third kappa shape index (κ3) is 2.73. The molecular weight excluding hydrogens is 252 g/mol. The summed E-state index contributed by atoms with van der Waals surface area (Å²) in [4.78, 5) is 0. The fourth-order valence-corrected chi connectivity index (χ4v) is 5.57. The van der Waals surface area contributed by atoms with Crippen LogP contribution in [-0.4, -0.2) is 0 Å². The zero-order chi connectivity index (χ0) is 14.8. The number of hydrogen-bond acceptors (Lipinski definition) is 0. The lowest BCUT2D eigenvalue weighted by Gasteiger charge is -2.20. The Morgan fingerprint density at radius 2 is 1.62 bits per heavy atom. The minimum atomic E-state index is 0.724. The van der Waals surface area contributed by atoms with Crippen molar-refractivity contribution in [1.82, 2.24) is 0 Å². The van der Waals surface area contributed by atoms with Gasteiger partial charge in [0.1, 0.15) is 0 Å². The van der Waals surface area contributed by atoms with Crippen LogP contribution in [0, 0.1) is 40.4 Å². The average Bonchev–Trinajstić information content (AvgIpc) is 3.32. The van der Waals surface area contributed by atoms with Crippen molar-refractivity contribution in [2.45, 2.75) is 79.1 Å². The quantitative estimate of drug-likeness (QED) is 0.464. The molecule has 0 N–H and O–H groups in total. The van der Waals surface area contributed by atoms with Gasteiger partial charge in [0.05, 0.1) is 0 Å².